The van der Waals surface area contributed by atoms with Gasteiger partial charge in [-0.25, -0.2) is 0 Å². The molecule has 2 rings (SSSR count). The number of benzene rings is 2. The zero-order valence-corrected chi connectivity index (χ0v) is 19.1. The molecule has 1 atom stereocenters. The van der Waals surface area contributed by atoms with Gasteiger partial charge in [-0.2, -0.15) is 0 Å². The van der Waals surface area contributed by atoms with Crippen LogP contribution >= 0.6 is 24.8 Å². The average molecular weight is 487 g/mol. The summed E-state index contributed by atoms with van der Waals surface area (Å²) in [6, 6.07) is 9.66. The molecule has 32 heavy (non-hydrogen) atoms. The standard InChI is InChI=1S/C20H26N6O4.2ClH/c1-30-16-10-13(9-12-5-2-3-6-14(12)16)18(28)26-19(29)15(25-17(27)11-21)7-4-8-24-20(22)23;;/h2-3,5-6,9-10,15H,4,7-8,11,21H2,1H3,(H,25,27)(H4,22,23,24)(H,26,28,29);2*1H/t15-;;/m1../s1. The molecule has 3 amide bonds. The van der Waals surface area contributed by atoms with E-state index in [0.29, 0.717) is 12.2 Å². The second kappa shape index (κ2) is 14.1. The highest BCUT2D eigenvalue weighted by Crippen LogP contribution is 2.27. The first-order valence-electron chi connectivity index (χ1n) is 9.32. The minimum atomic E-state index is -0.957. The Bertz CT molecular complexity index is 966. The first kappa shape index (κ1) is 28.9. The maximum atomic E-state index is 12.7. The monoisotopic (exact) mass is 486 g/mol. The zero-order valence-electron chi connectivity index (χ0n) is 17.5. The van der Waals surface area contributed by atoms with E-state index >= 15 is 0 Å². The summed E-state index contributed by atoms with van der Waals surface area (Å²) in [5, 5.41) is 6.45. The van der Waals surface area contributed by atoms with Crippen molar-refractivity contribution in [1.29, 1.82) is 0 Å². The van der Waals surface area contributed by atoms with E-state index in [0.717, 1.165) is 10.8 Å². The van der Waals surface area contributed by atoms with Gasteiger partial charge in [-0.15, -0.1) is 24.8 Å². The van der Waals surface area contributed by atoms with Gasteiger partial charge in [0.2, 0.25) is 11.8 Å². The van der Waals surface area contributed by atoms with E-state index < -0.39 is 23.8 Å². The number of imide groups is 1. The van der Waals surface area contributed by atoms with Crippen LogP contribution in [0.15, 0.2) is 41.4 Å². The van der Waals surface area contributed by atoms with E-state index in [1.165, 1.54) is 7.11 Å². The molecule has 12 heteroatoms. The molecule has 0 aliphatic rings. The largest absolute Gasteiger partial charge is 0.496 e. The van der Waals surface area contributed by atoms with Gasteiger partial charge in [-0.05, 0) is 30.4 Å². The first-order chi connectivity index (χ1) is 14.3. The van der Waals surface area contributed by atoms with Crippen molar-refractivity contribution in [3.63, 3.8) is 0 Å². The van der Waals surface area contributed by atoms with Gasteiger partial charge in [0.05, 0.1) is 13.7 Å². The summed E-state index contributed by atoms with van der Waals surface area (Å²) < 4.78 is 5.35. The summed E-state index contributed by atoms with van der Waals surface area (Å²) in [5.74, 6) is -1.34. The number of hydrogen-bond acceptors (Lipinski definition) is 6. The van der Waals surface area contributed by atoms with Crippen LogP contribution in [-0.4, -0.2) is 49.9 Å². The van der Waals surface area contributed by atoms with Crippen molar-refractivity contribution < 1.29 is 19.1 Å². The maximum Gasteiger partial charge on any atom is 0.258 e. The molecule has 0 saturated heterocycles. The Morgan fingerprint density at radius 3 is 2.44 bits per heavy atom. The summed E-state index contributed by atoms with van der Waals surface area (Å²) in [6.45, 7) is -0.00602. The Morgan fingerprint density at radius 2 is 1.81 bits per heavy atom. The Labute approximate surface area is 198 Å². The number of rotatable bonds is 9. The Morgan fingerprint density at radius 1 is 1.12 bits per heavy atom. The van der Waals surface area contributed by atoms with E-state index in [9.17, 15) is 14.4 Å². The SMILES string of the molecule is COc1cc(C(=O)NC(=O)[C@@H](CCCN=C(N)N)NC(=O)CN)cc2ccccc12.Cl.Cl. The van der Waals surface area contributed by atoms with Gasteiger partial charge in [0.15, 0.2) is 5.96 Å². The Balaban J connectivity index is 0.00000480. The molecule has 2 aromatic rings. The highest BCUT2D eigenvalue weighted by atomic mass is 35.5. The zero-order chi connectivity index (χ0) is 22.1. The molecule has 0 spiro atoms. The fourth-order valence-electron chi connectivity index (χ4n) is 2.87. The number of guanidine groups is 1. The number of methoxy groups -OCH3 is 1. The minimum absolute atomic E-state index is 0. The molecule has 10 nitrogen and oxygen atoms in total. The lowest BCUT2D eigenvalue weighted by Gasteiger charge is -2.17. The highest BCUT2D eigenvalue weighted by Gasteiger charge is 2.23. The second-order valence-corrected chi connectivity index (χ2v) is 6.49. The van der Waals surface area contributed by atoms with Crippen LogP contribution in [0, 0.1) is 0 Å². The van der Waals surface area contributed by atoms with Gasteiger partial charge in [0, 0.05) is 17.5 Å². The van der Waals surface area contributed by atoms with E-state index in [-0.39, 0.29) is 55.8 Å². The molecule has 176 valence electrons. The van der Waals surface area contributed by atoms with E-state index in [1.54, 1.807) is 12.1 Å². The Hall–Kier alpha value is -3.08. The molecular weight excluding hydrogens is 459 g/mol. The lowest BCUT2D eigenvalue weighted by molar-refractivity contribution is -0.128. The van der Waals surface area contributed by atoms with Crippen LogP contribution in [-0.2, 0) is 9.59 Å². The summed E-state index contributed by atoms with van der Waals surface area (Å²) in [4.78, 5) is 40.8. The third-order valence-corrected chi connectivity index (χ3v) is 4.33. The maximum absolute atomic E-state index is 12.7. The number of ether oxygens (including phenoxy) is 1. The summed E-state index contributed by atoms with van der Waals surface area (Å²) in [5.41, 5.74) is 16.1. The fourth-order valence-corrected chi connectivity index (χ4v) is 2.87. The number of carbonyl (C=O) groups is 3. The van der Waals surface area contributed by atoms with Crippen LogP contribution in [0.4, 0.5) is 0 Å². The number of amides is 3. The lowest BCUT2D eigenvalue weighted by Crippen LogP contribution is -2.49. The normalized spacial score (nSPS) is 10.7. The molecule has 8 N–H and O–H groups in total. The van der Waals surface area contributed by atoms with Gasteiger partial charge in [-0.1, -0.05) is 24.3 Å². The average Bonchev–Trinajstić information content (AvgIpc) is 2.74. The van der Waals surface area contributed by atoms with Crippen molar-refractivity contribution in [3.05, 3.63) is 42.0 Å². The molecule has 0 aliphatic heterocycles. The van der Waals surface area contributed by atoms with E-state index in [2.05, 4.69) is 15.6 Å². The molecule has 0 radical (unpaired) electrons. The smallest absolute Gasteiger partial charge is 0.258 e. The number of aliphatic imine (C=N–C) groups is 1. The molecule has 0 aliphatic carbocycles. The molecular formula is C20H28Cl2N6O4. The van der Waals surface area contributed by atoms with Crippen LogP contribution in [0.3, 0.4) is 0 Å². The highest BCUT2D eigenvalue weighted by molar-refractivity contribution is 6.09. The van der Waals surface area contributed by atoms with Crippen LogP contribution in [0.5, 0.6) is 5.75 Å². The summed E-state index contributed by atoms with van der Waals surface area (Å²) >= 11 is 0. The molecule has 0 aromatic heterocycles. The van der Waals surface area contributed by atoms with Crippen molar-refractivity contribution in [2.45, 2.75) is 18.9 Å². The summed E-state index contributed by atoms with van der Waals surface area (Å²) in [7, 11) is 1.50. The van der Waals surface area contributed by atoms with Gasteiger partial charge < -0.3 is 27.3 Å². The number of nitrogens with zero attached hydrogens (tertiary/aromatic N) is 1. The topological polar surface area (TPSA) is 175 Å². The molecule has 0 bridgehead atoms. The number of hydrogen-bond donors (Lipinski definition) is 5. The molecule has 0 fully saturated rings. The van der Waals surface area contributed by atoms with Gasteiger partial charge >= 0.3 is 0 Å². The fraction of sp³-hybridized carbons (Fsp3) is 0.300. The van der Waals surface area contributed by atoms with Crippen molar-refractivity contribution in [2.75, 3.05) is 20.2 Å². The third-order valence-electron chi connectivity index (χ3n) is 4.33. The summed E-state index contributed by atoms with van der Waals surface area (Å²) in [6.07, 6.45) is 0.640. The molecule has 0 heterocycles. The van der Waals surface area contributed by atoms with Crippen LogP contribution in [0.1, 0.15) is 23.2 Å². The number of nitrogens with two attached hydrogens (primary N) is 3. The van der Waals surface area contributed by atoms with Crippen molar-refractivity contribution in [1.82, 2.24) is 10.6 Å². The van der Waals surface area contributed by atoms with Crippen molar-refractivity contribution in [3.8, 4) is 5.75 Å². The number of halogens is 2. The minimum Gasteiger partial charge on any atom is -0.496 e. The van der Waals surface area contributed by atoms with E-state index in [1.807, 2.05) is 24.3 Å². The molecule has 0 unspecified atom stereocenters. The van der Waals surface area contributed by atoms with Crippen LogP contribution in [0.25, 0.3) is 10.8 Å². The number of fused-ring (bicyclic) bond motifs is 1. The number of carbonyl (C=O) groups excluding carboxylic acids is 3. The van der Waals surface area contributed by atoms with Crippen molar-refractivity contribution in [2.24, 2.45) is 22.2 Å². The van der Waals surface area contributed by atoms with Crippen LogP contribution in [0.2, 0.25) is 0 Å². The van der Waals surface area contributed by atoms with Crippen LogP contribution < -0.4 is 32.6 Å². The predicted molar refractivity (Wildman–Crippen MR) is 128 cm³/mol. The Kier molecular flexibility index (Phi) is 12.7. The van der Waals surface area contributed by atoms with Crippen molar-refractivity contribution >= 4 is 59.3 Å². The first-order valence-corrected chi connectivity index (χ1v) is 9.32. The molecule has 2 aromatic carbocycles. The molecule has 0 saturated carbocycles. The number of nitrogens with one attached hydrogen (secondary N) is 2. The van der Waals surface area contributed by atoms with E-state index in [4.69, 9.17) is 21.9 Å². The quantitative estimate of drug-likeness (QED) is 0.194. The second-order valence-electron chi connectivity index (χ2n) is 6.49. The lowest BCUT2D eigenvalue weighted by atomic mass is 10.0. The van der Waals surface area contributed by atoms with Gasteiger partial charge in [0.25, 0.3) is 5.91 Å². The predicted octanol–water partition coefficient (Wildman–Crippen LogP) is 0.446. The van der Waals surface area contributed by atoms with Gasteiger partial charge in [0.1, 0.15) is 11.8 Å². The third kappa shape index (κ3) is 8.22. The van der Waals surface area contributed by atoms with Gasteiger partial charge in [-0.3, -0.25) is 24.7 Å².